The molecule has 106 valence electrons. The molecule has 0 radical (unpaired) electrons. The van der Waals surface area contributed by atoms with Crippen LogP contribution in [0.4, 0.5) is 11.5 Å². The third-order valence-corrected chi connectivity index (χ3v) is 2.89. The van der Waals surface area contributed by atoms with Gasteiger partial charge < -0.3 is 5.32 Å². The lowest BCUT2D eigenvalue weighted by atomic mass is 10.2. The molecule has 2 aromatic rings. The summed E-state index contributed by atoms with van der Waals surface area (Å²) in [4.78, 5) is 15.1. The lowest BCUT2D eigenvalue weighted by Gasteiger charge is -2.08. The Labute approximate surface area is 116 Å². The number of pyridine rings is 1. The van der Waals surface area contributed by atoms with E-state index in [1.165, 1.54) is 6.07 Å². The van der Waals surface area contributed by atoms with Gasteiger partial charge in [0.25, 0.3) is 5.69 Å². The Hall–Kier alpha value is -2.44. The van der Waals surface area contributed by atoms with Crippen LogP contribution in [-0.4, -0.2) is 26.2 Å². The summed E-state index contributed by atoms with van der Waals surface area (Å²) in [7, 11) is 0. The molecule has 0 spiro atoms. The second-order valence-corrected chi connectivity index (χ2v) is 4.28. The highest BCUT2D eigenvalue weighted by molar-refractivity contribution is 5.68. The molecule has 2 rings (SSSR count). The summed E-state index contributed by atoms with van der Waals surface area (Å²) in [5.41, 5.74) is 0.983. The van der Waals surface area contributed by atoms with Gasteiger partial charge in [0.05, 0.1) is 10.6 Å². The van der Waals surface area contributed by atoms with E-state index in [1.807, 2.05) is 13.8 Å². The highest BCUT2D eigenvalue weighted by Gasteiger charge is 2.20. The fraction of sp³-hybridized carbons (Fsp3) is 0.385. The van der Waals surface area contributed by atoms with Crippen molar-refractivity contribution in [2.24, 2.45) is 0 Å². The molecule has 0 aliphatic heterocycles. The number of nitro groups is 1. The van der Waals surface area contributed by atoms with Crippen molar-refractivity contribution in [3.63, 3.8) is 0 Å². The smallest absolute Gasteiger partial charge is 0.297 e. The molecule has 0 aromatic carbocycles. The van der Waals surface area contributed by atoms with E-state index in [9.17, 15) is 10.1 Å². The van der Waals surface area contributed by atoms with Crippen molar-refractivity contribution >= 4 is 11.5 Å². The van der Waals surface area contributed by atoms with Gasteiger partial charge in [0.1, 0.15) is 5.82 Å². The van der Waals surface area contributed by atoms with Crippen molar-refractivity contribution in [3.8, 4) is 11.4 Å². The fourth-order valence-corrected chi connectivity index (χ4v) is 1.92. The van der Waals surface area contributed by atoms with Crippen LogP contribution in [0.2, 0.25) is 0 Å². The average molecular weight is 275 g/mol. The van der Waals surface area contributed by atoms with Crippen molar-refractivity contribution in [1.82, 2.24) is 14.8 Å². The minimum Gasteiger partial charge on any atom is -0.370 e. The molecule has 0 atom stereocenters. The Kier molecular flexibility index (Phi) is 4.29. The van der Waals surface area contributed by atoms with E-state index in [1.54, 1.807) is 23.0 Å². The molecule has 0 amide bonds. The van der Waals surface area contributed by atoms with Crippen LogP contribution >= 0.6 is 0 Å². The average Bonchev–Trinajstić information content (AvgIpc) is 2.92. The number of anilines is 1. The summed E-state index contributed by atoms with van der Waals surface area (Å²) in [5.74, 6) is 0.635. The first kappa shape index (κ1) is 14.0. The lowest BCUT2D eigenvalue weighted by molar-refractivity contribution is -0.384. The molecule has 0 aliphatic rings. The van der Waals surface area contributed by atoms with Crippen LogP contribution in [-0.2, 0) is 6.54 Å². The minimum atomic E-state index is -0.418. The van der Waals surface area contributed by atoms with Gasteiger partial charge >= 0.3 is 0 Å². The van der Waals surface area contributed by atoms with E-state index in [-0.39, 0.29) is 5.69 Å². The van der Waals surface area contributed by atoms with Crippen LogP contribution in [0.25, 0.3) is 11.4 Å². The monoisotopic (exact) mass is 275 g/mol. The van der Waals surface area contributed by atoms with Crippen LogP contribution < -0.4 is 5.32 Å². The second-order valence-electron chi connectivity index (χ2n) is 4.28. The zero-order chi connectivity index (χ0) is 14.5. The van der Waals surface area contributed by atoms with Crippen molar-refractivity contribution in [3.05, 3.63) is 34.5 Å². The Morgan fingerprint density at radius 3 is 2.80 bits per heavy atom. The van der Waals surface area contributed by atoms with Gasteiger partial charge in [-0.05, 0) is 25.5 Å². The minimum absolute atomic E-state index is 0.0118. The van der Waals surface area contributed by atoms with Crippen LogP contribution in [0, 0.1) is 10.1 Å². The molecule has 0 bridgehead atoms. The lowest BCUT2D eigenvalue weighted by Crippen LogP contribution is -2.06. The predicted octanol–water partition coefficient (Wildman–Crippen LogP) is 2.70. The van der Waals surface area contributed by atoms with Gasteiger partial charge in [0.2, 0.25) is 0 Å². The standard InChI is InChI=1S/C13H17N5O2/c1-3-8-14-12-6-5-11(18(19)20)13(16-12)10-7-9-15-17(10)4-2/h5-7,9H,3-4,8H2,1-2H3,(H,14,16). The topological polar surface area (TPSA) is 85.9 Å². The number of hydrogen-bond acceptors (Lipinski definition) is 5. The van der Waals surface area contributed by atoms with E-state index in [2.05, 4.69) is 15.4 Å². The molecule has 1 N–H and O–H groups in total. The van der Waals surface area contributed by atoms with Gasteiger partial charge in [0, 0.05) is 25.4 Å². The van der Waals surface area contributed by atoms with E-state index in [0.717, 1.165) is 13.0 Å². The highest BCUT2D eigenvalue weighted by atomic mass is 16.6. The summed E-state index contributed by atoms with van der Waals surface area (Å²) in [6.07, 6.45) is 2.58. The van der Waals surface area contributed by atoms with E-state index in [0.29, 0.717) is 23.8 Å². The molecule has 20 heavy (non-hydrogen) atoms. The van der Waals surface area contributed by atoms with Crippen molar-refractivity contribution in [1.29, 1.82) is 0 Å². The first-order chi connectivity index (χ1) is 9.67. The number of aromatic nitrogens is 3. The maximum absolute atomic E-state index is 11.2. The second kappa shape index (κ2) is 6.14. The van der Waals surface area contributed by atoms with E-state index < -0.39 is 4.92 Å². The van der Waals surface area contributed by atoms with Gasteiger partial charge in [-0.3, -0.25) is 14.8 Å². The largest absolute Gasteiger partial charge is 0.370 e. The molecule has 0 saturated heterocycles. The number of aryl methyl sites for hydroxylation is 1. The summed E-state index contributed by atoms with van der Waals surface area (Å²) in [6, 6.07) is 4.85. The van der Waals surface area contributed by atoms with Gasteiger partial charge in [-0.25, -0.2) is 4.98 Å². The Morgan fingerprint density at radius 2 is 2.15 bits per heavy atom. The Bertz CT molecular complexity index is 609. The molecular formula is C13H17N5O2. The van der Waals surface area contributed by atoms with Crippen LogP contribution in [0.15, 0.2) is 24.4 Å². The maximum Gasteiger partial charge on any atom is 0.297 e. The molecule has 0 fully saturated rings. The number of nitrogens with one attached hydrogen (secondary N) is 1. The number of hydrogen-bond donors (Lipinski definition) is 1. The van der Waals surface area contributed by atoms with E-state index in [4.69, 9.17) is 0 Å². The molecule has 0 unspecified atom stereocenters. The fourth-order valence-electron chi connectivity index (χ4n) is 1.92. The number of rotatable bonds is 6. The third kappa shape index (κ3) is 2.76. The third-order valence-electron chi connectivity index (χ3n) is 2.89. The molecule has 0 saturated carbocycles. The first-order valence-electron chi connectivity index (χ1n) is 6.58. The van der Waals surface area contributed by atoms with Crippen LogP contribution in [0.3, 0.4) is 0 Å². The van der Waals surface area contributed by atoms with Crippen molar-refractivity contribution in [2.45, 2.75) is 26.8 Å². The van der Waals surface area contributed by atoms with Crippen LogP contribution in [0.5, 0.6) is 0 Å². The molecule has 7 heteroatoms. The van der Waals surface area contributed by atoms with Gasteiger partial charge in [-0.15, -0.1) is 0 Å². The Morgan fingerprint density at radius 1 is 1.35 bits per heavy atom. The zero-order valence-electron chi connectivity index (χ0n) is 11.5. The number of nitrogens with zero attached hydrogens (tertiary/aromatic N) is 4. The van der Waals surface area contributed by atoms with Gasteiger partial charge in [0.15, 0.2) is 5.69 Å². The van der Waals surface area contributed by atoms with Crippen molar-refractivity contribution in [2.75, 3.05) is 11.9 Å². The van der Waals surface area contributed by atoms with E-state index >= 15 is 0 Å². The summed E-state index contributed by atoms with van der Waals surface area (Å²) in [5, 5.41) is 18.4. The predicted molar refractivity (Wildman–Crippen MR) is 76.6 cm³/mol. The molecule has 0 aliphatic carbocycles. The SMILES string of the molecule is CCCNc1ccc([N+](=O)[O-])c(-c2ccnn2CC)n1. The van der Waals surface area contributed by atoms with Gasteiger partial charge in [-0.2, -0.15) is 5.10 Å². The highest BCUT2D eigenvalue weighted by Crippen LogP contribution is 2.29. The zero-order valence-corrected chi connectivity index (χ0v) is 11.5. The summed E-state index contributed by atoms with van der Waals surface area (Å²) >= 11 is 0. The van der Waals surface area contributed by atoms with Gasteiger partial charge in [-0.1, -0.05) is 6.92 Å². The molecule has 7 nitrogen and oxygen atoms in total. The van der Waals surface area contributed by atoms with Crippen LogP contribution in [0.1, 0.15) is 20.3 Å². The molecular weight excluding hydrogens is 258 g/mol. The van der Waals surface area contributed by atoms with Crippen molar-refractivity contribution < 1.29 is 4.92 Å². The molecule has 2 aromatic heterocycles. The first-order valence-corrected chi connectivity index (χ1v) is 6.58. The quantitative estimate of drug-likeness (QED) is 0.647. The Balaban J connectivity index is 2.49. The summed E-state index contributed by atoms with van der Waals surface area (Å²) < 4.78 is 1.69. The normalized spacial score (nSPS) is 10.5. The summed E-state index contributed by atoms with van der Waals surface area (Å²) in [6.45, 7) is 5.39. The maximum atomic E-state index is 11.2. The molecule has 2 heterocycles.